The molecular formula is C27H32N2O4. The third-order valence-electron chi connectivity index (χ3n) is 8.02. The van der Waals surface area contributed by atoms with Gasteiger partial charge in [0.2, 0.25) is 11.7 Å². The first kappa shape index (κ1) is 21.9. The third kappa shape index (κ3) is 3.79. The molecule has 2 aromatic rings. The summed E-state index contributed by atoms with van der Waals surface area (Å²) in [5, 5.41) is 3.17. The van der Waals surface area contributed by atoms with Crippen molar-refractivity contribution >= 4 is 17.7 Å². The molecule has 1 heterocycles. The van der Waals surface area contributed by atoms with Crippen LogP contribution in [-0.2, 0) is 14.3 Å². The molecule has 1 amide bonds. The van der Waals surface area contributed by atoms with E-state index < -0.39 is 5.41 Å². The summed E-state index contributed by atoms with van der Waals surface area (Å²) in [5.41, 5.74) is 2.53. The highest BCUT2D eigenvalue weighted by Crippen LogP contribution is 2.62. The van der Waals surface area contributed by atoms with Crippen molar-refractivity contribution in [1.29, 1.82) is 0 Å². The van der Waals surface area contributed by atoms with Gasteiger partial charge in [0.05, 0.1) is 5.41 Å². The molecule has 4 aliphatic rings. The molecule has 2 atom stereocenters. The maximum Gasteiger partial charge on any atom is 0.312 e. The Bertz CT molecular complexity index is 1100. The number of para-hydroxylation sites is 1. The van der Waals surface area contributed by atoms with Crippen LogP contribution in [0.1, 0.15) is 67.2 Å². The number of carbonyl (C=O) groups is 3. The van der Waals surface area contributed by atoms with Gasteiger partial charge in [-0.25, -0.2) is 0 Å². The van der Waals surface area contributed by atoms with Gasteiger partial charge in [0.25, 0.3) is 0 Å². The van der Waals surface area contributed by atoms with E-state index in [9.17, 15) is 14.4 Å². The lowest BCUT2D eigenvalue weighted by Crippen LogP contribution is -2.64. The molecule has 4 saturated carbocycles. The Balaban J connectivity index is 1.31. The molecule has 6 nitrogen and oxygen atoms in total. The van der Waals surface area contributed by atoms with Crippen LogP contribution in [0.15, 0.2) is 36.4 Å². The van der Waals surface area contributed by atoms with Crippen LogP contribution in [0.3, 0.4) is 0 Å². The number of hydrogen-bond acceptors (Lipinski definition) is 4. The zero-order valence-electron chi connectivity index (χ0n) is 19.6. The largest absolute Gasteiger partial charge is 0.457 e. The van der Waals surface area contributed by atoms with Crippen molar-refractivity contribution in [2.45, 2.75) is 64.8 Å². The number of aryl methyl sites for hydroxylation is 1. The standard InChI is InChI=1S/C27H32N2O4/c1-17-9-23(18(2)29(17)22-7-5-4-6-8-22)24(31)15-33-25(32)26-11-20-10-21(12-26)14-27(13-20,16-26)28-19(3)30/h4-9,20-21H,10-16H2,1-3H3,(H,28,30). The third-order valence-corrected chi connectivity index (χ3v) is 8.02. The van der Waals surface area contributed by atoms with E-state index in [0.717, 1.165) is 49.2 Å². The quantitative estimate of drug-likeness (QED) is 0.528. The summed E-state index contributed by atoms with van der Waals surface area (Å²) < 4.78 is 7.74. The smallest absolute Gasteiger partial charge is 0.312 e. The fourth-order valence-electron chi connectivity index (χ4n) is 7.40. The molecule has 6 rings (SSSR count). The van der Waals surface area contributed by atoms with Gasteiger partial charge in [-0.05, 0) is 82.4 Å². The molecule has 2 unspecified atom stereocenters. The van der Waals surface area contributed by atoms with E-state index in [1.807, 2.05) is 54.8 Å². The number of aromatic nitrogens is 1. The van der Waals surface area contributed by atoms with E-state index in [0.29, 0.717) is 23.8 Å². The SMILES string of the molecule is CC(=O)NC12CC3CC(C1)CC(C(=O)OCC(=O)c1cc(C)n(-c4ccccc4)c1C)(C3)C2. The van der Waals surface area contributed by atoms with Gasteiger partial charge in [-0.1, -0.05) is 18.2 Å². The normalized spacial score (nSPS) is 29.7. The maximum absolute atomic E-state index is 13.3. The van der Waals surface area contributed by atoms with E-state index in [-0.39, 0.29) is 29.8 Å². The topological polar surface area (TPSA) is 77.4 Å². The number of rotatable bonds is 6. The Hall–Kier alpha value is -2.89. The lowest BCUT2D eigenvalue weighted by atomic mass is 9.47. The molecule has 4 aliphatic carbocycles. The van der Waals surface area contributed by atoms with Gasteiger partial charge in [0.15, 0.2) is 6.61 Å². The van der Waals surface area contributed by atoms with Crippen LogP contribution < -0.4 is 5.32 Å². The fourth-order valence-corrected chi connectivity index (χ4v) is 7.40. The summed E-state index contributed by atoms with van der Waals surface area (Å²) in [6, 6.07) is 11.8. The Morgan fingerprint density at radius 3 is 2.36 bits per heavy atom. The highest BCUT2D eigenvalue weighted by atomic mass is 16.5. The van der Waals surface area contributed by atoms with Crippen molar-refractivity contribution in [3.05, 3.63) is 53.3 Å². The Morgan fingerprint density at radius 1 is 1.06 bits per heavy atom. The summed E-state index contributed by atoms with van der Waals surface area (Å²) in [5.74, 6) is 0.387. The fraction of sp³-hybridized carbons (Fsp3) is 0.519. The molecule has 0 saturated heterocycles. The number of carbonyl (C=O) groups excluding carboxylic acids is 3. The van der Waals surface area contributed by atoms with Gasteiger partial charge < -0.3 is 14.6 Å². The number of hydrogen-bond donors (Lipinski definition) is 1. The summed E-state index contributed by atoms with van der Waals surface area (Å²) in [6.45, 7) is 5.20. The van der Waals surface area contributed by atoms with Gasteiger partial charge in [-0.2, -0.15) is 0 Å². The number of nitrogens with one attached hydrogen (secondary N) is 1. The lowest BCUT2D eigenvalue weighted by molar-refractivity contribution is -0.174. The van der Waals surface area contributed by atoms with Gasteiger partial charge in [-0.3, -0.25) is 14.4 Å². The Labute approximate surface area is 194 Å². The first-order valence-corrected chi connectivity index (χ1v) is 11.9. The summed E-state index contributed by atoms with van der Waals surface area (Å²) in [4.78, 5) is 38.3. The minimum absolute atomic E-state index is 0.0376. The molecule has 6 heteroatoms. The number of Topliss-reactive ketones (excluding diaryl/α,β-unsaturated/α-hetero) is 1. The number of ether oxygens (including phenoxy) is 1. The predicted molar refractivity (Wildman–Crippen MR) is 124 cm³/mol. The summed E-state index contributed by atoms with van der Waals surface area (Å²) in [6.07, 6.45) is 5.26. The molecule has 4 fully saturated rings. The van der Waals surface area contributed by atoms with Gasteiger partial charge in [0.1, 0.15) is 0 Å². The van der Waals surface area contributed by atoms with Crippen molar-refractivity contribution in [3.8, 4) is 5.69 Å². The van der Waals surface area contributed by atoms with Crippen LogP contribution in [-0.4, -0.2) is 34.4 Å². The molecule has 1 aromatic carbocycles. The number of benzene rings is 1. The zero-order valence-corrected chi connectivity index (χ0v) is 19.6. The highest BCUT2D eigenvalue weighted by Gasteiger charge is 2.61. The van der Waals surface area contributed by atoms with E-state index in [2.05, 4.69) is 5.32 Å². The molecule has 1 N–H and O–H groups in total. The van der Waals surface area contributed by atoms with E-state index >= 15 is 0 Å². The van der Waals surface area contributed by atoms with Crippen molar-refractivity contribution in [2.75, 3.05) is 6.61 Å². The van der Waals surface area contributed by atoms with Crippen LogP contribution in [0.5, 0.6) is 0 Å². The number of nitrogens with zero attached hydrogens (tertiary/aromatic N) is 1. The van der Waals surface area contributed by atoms with Gasteiger partial charge in [-0.15, -0.1) is 0 Å². The lowest BCUT2D eigenvalue weighted by Gasteiger charge is -2.60. The zero-order chi connectivity index (χ0) is 23.4. The second kappa shape index (κ2) is 7.86. The van der Waals surface area contributed by atoms with Crippen LogP contribution in [0.4, 0.5) is 0 Å². The van der Waals surface area contributed by atoms with Crippen molar-refractivity contribution in [2.24, 2.45) is 17.3 Å². The summed E-state index contributed by atoms with van der Waals surface area (Å²) >= 11 is 0. The first-order valence-electron chi connectivity index (χ1n) is 11.9. The molecule has 0 radical (unpaired) electrons. The van der Waals surface area contributed by atoms with Gasteiger partial charge >= 0.3 is 5.97 Å². The van der Waals surface area contributed by atoms with E-state index in [1.54, 1.807) is 6.92 Å². The van der Waals surface area contributed by atoms with Crippen LogP contribution in [0.25, 0.3) is 5.69 Å². The number of amides is 1. The predicted octanol–water partition coefficient (Wildman–Crippen LogP) is 4.30. The van der Waals surface area contributed by atoms with Crippen molar-refractivity contribution in [3.63, 3.8) is 0 Å². The molecular weight excluding hydrogens is 416 g/mol. The molecule has 174 valence electrons. The number of esters is 1. The average molecular weight is 449 g/mol. The summed E-state index contributed by atoms with van der Waals surface area (Å²) in [7, 11) is 0. The minimum Gasteiger partial charge on any atom is -0.457 e. The molecule has 0 spiro atoms. The number of ketones is 1. The van der Waals surface area contributed by atoms with Crippen LogP contribution in [0.2, 0.25) is 0 Å². The van der Waals surface area contributed by atoms with E-state index in [4.69, 9.17) is 4.74 Å². The van der Waals surface area contributed by atoms with Crippen LogP contribution >= 0.6 is 0 Å². The molecule has 1 aromatic heterocycles. The minimum atomic E-state index is -0.576. The molecule has 4 bridgehead atoms. The molecule has 0 aliphatic heterocycles. The van der Waals surface area contributed by atoms with Crippen molar-refractivity contribution in [1.82, 2.24) is 9.88 Å². The second-order valence-corrected chi connectivity index (χ2v) is 10.7. The highest BCUT2D eigenvalue weighted by molar-refractivity contribution is 5.99. The Kier molecular flexibility index (Phi) is 5.22. The second-order valence-electron chi connectivity index (χ2n) is 10.7. The Morgan fingerprint density at radius 2 is 1.73 bits per heavy atom. The van der Waals surface area contributed by atoms with Crippen molar-refractivity contribution < 1.29 is 19.1 Å². The van der Waals surface area contributed by atoms with Crippen LogP contribution in [0, 0.1) is 31.1 Å². The van der Waals surface area contributed by atoms with E-state index in [1.165, 1.54) is 0 Å². The maximum atomic E-state index is 13.3. The molecule has 33 heavy (non-hydrogen) atoms. The van der Waals surface area contributed by atoms with Gasteiger partial charge in [0, 0.05) is 35.1 Å². The monoisotopic (exact) mass is 448 g/mol. The first-order chi connectivity index (χ1) is 15.7. The average Bonchev–Trinajstić information content (AvgIpc) is 3.04.